The van der Waals surface area contributed by atoms with Gasteiger partial charge in [0.2, 0.25) is 6.29 Å². The number of esters is 1. The fourth-order valence-corrected chi connectivity index (χ4v) is 0.721. The first kappa shape index (κ1) is 14.5. The van der Waals surface area contributed by atoms with Crippen molar-refractivity contribution in [1.82, 2.24) is 0 Å². The van der Waals surface area contributed by atoms with Crippen molar-refractivity contribution in [2.75, 3.05) is 6.61 Å². The molecule has 90 valence electrons. The third kappa shape index (κ3) is 5.41. The molecule has 6 nitrogen and oxygen atoms in total. The van der Waals surface area contributed by atoms with Crippen molar-refractivity contribution in [3.63, 3.8) is 0 Å². The number of aliphatic hydroxyl groups is 1. The molecule has 0 heterocycles. The Morgan fingerprint density at radius 3 is 2.50 bits per heavy atom. The summed E-state index contributed by atoms with van der Waals surface area (Å²) in [5.41, 5.74) is 8.83. The molecule has 0 aliphatic heterocycles. The molecule has 0 aromatic heterocycles. The summed E-state index contributed by atoms with van der Waals surface area (Å²) in [6, 6.07) is 0. The van der Waals surface area contributed by atoms with Crippen molar-refractivity contribution in [3.05, 3.63) is 17.7 Å². The zero-order chi connectivity index (χ0) is 12.7. The molecule has 2 unspecified atom stereocenters. The molecule has 0 amide bonds. The first-order chi connectivity index (χ1) is 7.38. The molecule has 0 fully saturated rings. The molecule has 0 radical (unpaired) electrons. The van der Waals surface area contributed by atoms with E-state index in [0.717, 1.165) is 0 Å². The molecule has 0 spiro atoms. The molecular weight excluding hydrogens is 212 g/mol. The number of hydrogen-bond donors (Lipinski definition) is 1. The number of nitrogens with zero attached hydrogens (tertiary/aromatic N) is 2. The highest BCUT2D eigenvalue weighted by Gasteiger charge is 2.18. The van der Waals surface area contributed by atoms with Gasteiger partial charge in [0.05, 0.1) is 0 Å². The number of rotatable bonds is 6. The van der Waals surface area contributed by atoms with Crippen molar-refractivity contribution in [2.24, 2.45) is 0 Å². The van der Waals surface area contributed by atoms with E-state index < -0.39 is 18.4 Å². The highest BCUT2D eigenvalue weighted by molar-refractivity contribution is 5.87. The minimum Gasteiger partial charge on any atom is -0.433 e. The monoisotopic (exact) mass is 228 g/mol. The van der Waals surface area contributed by atoms with E-state index in [9.17, 15) is 4.79 Å². The van der Waals surface area contributed by atoms with Crippen LogP contribution in [-0.2, 0) is 14.3 Å². The maximum Gasteiger partial charge on any atom is 0.335 e. The van der Waals surface area contributed by atoms with Gasteiger partial charge in [-0.3, -0.25) is 0 Å². The average molecular weight is 228 g/mol. The fourth-order valence-electron chi connectivity index (χ4n) is 0.721. The van der Waals surface area contributed by atoms with Crippen LogP contribution in [0, 0.1) is 0 Å². The predicted molar refractivity (Wildman–Crippen MR) is 56.6 cm³/mol. The van der Waals surface area contributed by atoms with Crippen LogP contribution in [0.1, 0.15) is 20.8 Å². The minimum absolute atomic E-state index is 0.0539. The van der Waals surface area contributed by atoms with E-state index in [1.807, 2.05) is 0 Å². The second-order valence-corrected chi connectivity index (χ2v) is 3.33. The quantitative estimate of drug-likeness (QED) is 0.179. The molecule has 0 aliphatic carbocycles. The van der Waals surface area contributed by atoms with E-state index in [-0.39, 0.29) is 17.9 Å². The highest BCUT2D eigenvalue weighted by Crippen LogP contribution is 2.00. The Labute approximate surface area is 94.1 Å². The van der Waals surface area contributed by atoms with Crippen LogP contribution in [0.25, 0.3) is 5.53 Å². The highest BCUT2D eigenvalue weighted by atomic mass is 16.7. The van der Waals surface area contributed by atoms with Crippen molar-refractivity contribution >= 4 is 11.7 Å². The Hall–Kier alpha value is -1.49. The Bertz CT molecular complexity index is 319. The first-order valence-electron chi connectivity index (χ1n) is 4.75. The number of hydrogen-bond acceptors (Lipinski definition) is 4. The Morgan fingerprint density at radius 1 is 1.56 bits per heavy atom. The summed E-state index contributed by atoms with van der Waals surface area (Å²) in [6.07, 6.45) is -1.73. The van der Waals surface area contributed by atoms with Crippen LogP contribution in [0.4, 0.5) is 0 Å². The van der Waals surface area contributed by atoms with Gasteiger partial charge in [0, 0.05) is 5.57 Å². The average Bonchev–Trinajstić information content (AvgIpc) is 2.17. The second-order valence-electron chi connectivity index (χ2n) is 3.33. The number of aliphatic hydroxyl groups excluding tert-OH is 1. The summed E-state index contributed by atoms with van der Waals surface area (Å²) in [5.74, 6) is -0.563. The van der Waals surface area contributed by atoms with Gasteiger partial charge in [0.15, 0.2) is 12.7 Å². The van der Waals surface area contributed by atoms with Gasteiger partial charge in [-0.15, -0.1) is 0 Å². The van der Waals surface area contributed by atoms with Crippen molar-refractivity contribution < 1.29 is 24.2 Å². The lowest BCUT2D eigenvalue weighted by molar-refractivity contribution is -0.168. The molecule has 1 N–H and O–H groups in total. The zero-order valence-electron chi connectivity index (χ0n) is 9.64. The van der Waals surface area contributed by atoms with Crippen molar-refractivity contribution in [2.45, 2.75) is 33.2 Å². The normalized spacial score (nSPS) is 13.5. The summed E-state index contributed by atoms with van der Waals surface area (Å²) >= 11 is 0. The van der Waals surface area contributed by atoms with E-state index in [2.05, 4.69) is 11.4 Å². The maximum absolute atomic E-state index is 11.1. The van der Waals surface area contributed by atoms with Crippen LogP contribution >= 0.6 is 0 Å². The molecule has 0 saturated carbocycles. The summed E-state index contributed by atoms with van der Waals surface area (Å²) in [5, 5.41) is 9.10. The smallest absolute Gasteiger partial charge is 0.335 e. The third-order valence-corrected chi connectivity index (χ3v) is 1.70. The van der Waals surface area contributed by atoms with Crippen LogP contribution in [0.5, 0.6) is 0 Å². The predicted octanol–water partition coefficient (Wildman–Crippen LogP) is 0.520. The van der Waals surface area contributed by atoms with Gasteiger partial charge < -0.3 is 20.1 Å². The third-order valence-electron chi connectivity index (χ3n) is 1.70. The number of carbonyl (C=O) groups excluding carboxylic acids is 1. The summed E-state index contributed by atoms with van der Waals surface area (Å²) in [7, 11) is 0. The van der Waals surface area contributed by atoms with E-state index in [1.54, 1.807) is 0 Å². The molecule has 6 heteroatoms. The molecular formula is C10H16N2O4. The van der Waals surface area contributed by atoms with Gasteiger partial charge in [0.1, 0.15) is 0 Å². The standard InChI is InChI=1S/C10H16N2O4/c1-6(2)10(14)16-8(4)15-5-9(12-11)7(3)13/h7-8,13H,1,5H2,2-4H3. The van der Waals surface area contributed by atoms with Gasteiger partial charge in [0.25, 0.3) is 0 Å². The fraction of sp³-hybridized carbons (Fsp3) is 0.600. The molecule has 0 bridgehead atoms. The van der Waals surface area contributed by atoms with Crippen molar-refractivity contribution in [1.29, 1.82) is 0 Å². The van der Waals surface area contributed by atoms with E-state index in [4.69, 9.17) is 20.1 Å². The van der Waals surface area contributed by atoms with Gasteiger partial charge in [-0.1, -0.05) is 6.58 Å². The van der Waals surface area contributed by atoms with E-state index >= 15 is 0 Å². The van der Waals surface area contributed by atoms with Gasteiger partial charge in [-0.2, -0.15) is 4.79 Å². The van der Waals surface area contributed by atoms with Crippen LogP contribution in [-0.4, -0.2) is 40.6 Å². The van der Waals surface area contributed by atoms with Gasteiger partial charge >= 0.3 is 11.7 Å². The van der Waals surface area contributed by atoms with Crippen LogP contribution in [0.15, 0.2) is 12.2 Å². The van der Waals surface area contributed by atoms with Gasteiger partial charge in [-0.25, -0.2) is 4.79 Å². The summed E-state index contributed by atoms with van der Waals surface area (Å²) < 4.78 is 9.85. The molecule has 0 rings (SSSR count). The van der Waals surface area contributed by atoms with Crippen LogP contribution < -0.4 is 0 Å². The number of carbonyl (C=O) groups is 1. The molecule has 0 aliphatic rings. The lowest BCUT2D eigenvalue weighted by Crippen LogP contribution is -2.27. The number of ether oxygens (including phenoxy) is 2. The first-order valence-corrected chi connectivity index (χ1v) is 4.75. The van der Waals surface area contributed by atoms with Crippen molar-refractivity contribution in [3.8, 4) is 0 Å². The topological polar surface area (TPSA) is 92.2 Å². The Balaban J connectivity index is 4.08. The maximum atomic E-state index is 11.1. The van der Waals surface area contributed by atoms with Gasteiger partial charge in [-0.05, 0) is 20.8 Å². The minimum atomic E-state index is -0.922. The van der Waals surface area contributed by atoms with Crippen LogP contribution in [0.2, 0.25) is 0 Å². The molecule has 16 heavy (non-hydrogen) atoms. The second kappa shape index (κ2) is 6.90. The largest absolute Gasteiger partial charge is 0.433 e. The lowest BCUT2D eigenvalue weighted by atomic mass is 10.2. The van der Waals surface area contributed by atoms with E-state index in [0.29, 0.717) is 0 Å². The molecule has 2 atom stereocenters. The zero-order valence-corrected chi connectivity index (χ0v) is 9.64. The molecule has 0 aromatic rings. The summed E-state index contributed by atoms with van der Waals surface area (Å²) in [6.45, 7) is 7.75. The molecule has 0 saturated heterocycles. The Kier molecular flexibility index (Phi) is 6.25. The summed E-state index contributed by atoms with van der Waals surface area (Å²) in [4.78, 5) is 13.9. The lowest BCUT2D eigenvalue weighted by Gasteiger charge is -2.12. The Morgan fingerprint density at radius 2 is 2.12 bits per heavy atom. The van der Waals surface area contributed by atoms with E-state index in [1.165, 1.54) is 20.8 Å². The SMILES string of the molecule is C=C(C)C(=O)OC(C)OCC(=[N+]=[N-])C(C)O. The van der Waals surface area contributed by atoms with Crippen LogP contribution in [0.3, 0.4) is 0 Å². The molecule has 0 aromatic carbocycles.